The predicted octanol–water partition coefficient (Wildman–Crippen LogP) is 1.55. The summed E-state index contributed by atoms with van der Waals surface area (Å²) in [6, 6.07) is 1.74. The lowest BCUT2D eigenvalue weighted by atomic mass is 10.3. The first-order chi connectivity index (χ1) is 11.0. The molecule has 0 spiro atoms. The summed E-state index contributed by atoms with van der Waals surface area (Å²) in [6.07, 6.45) is 1.45. The molecule has 0 unspecified atom stereocenters. The minimum Gasteiger partial charge on any atom is -0.354 e. The van der Waals surface area contributed by atoms with E-state index in [0.717, 1.165) is 42.6 Å². The van der Waals surface area contributed by atoms with Crippen LogP contribution in [0.25, 0.3) is 0 Å². The molecule has 0 saturated carbocycles. The van der Waals surface area contributed by atoms with Crippen molar-refractivity contribution in [2.45, 2.75) is 13.8 Å². The van der Waals surface area contributed by atoms with Crippen LogP contribution in [0, 0.1) is 13.8 Å². The molecule has 23 heavy (non-hydrogen) atoms. The molecule has 0 atom stereocenters. The smallest absolute Gasteiger partial charge is 0.276 e. The fourth-order valence-electron chi connectivity index (χ4n) is 2.37. The lowest BCUT2D eigenvalue weighted by Crippen LogP contribution is -2.44. The Morgan fingerprint density at radius 2 is 1.96 bits per heavy atom. The fraction of sp³-hybridized carbons (Fsp3) is 0.467. The Balaban J connectivity index is 1.72. The minimum atomic E-state index is -0.253. The Hall–Kier alpha value is -2.06. The van der Waals surface area contributed by atoms with E-state index in [-0.39, 0.29) is 5.91 Å². The van der Waals surface area contributed by atoms with Crippen LogP contribution >= 0.6 is 11.3 Å². The van der Waals surface area contributed by atoms with E-state index < -0.39 is 0 Å². The van der Waals surface area contributed by atoms with E-state index in [1.54, 1.807) is 6.07 Å². The van der Waals surface area contributed by atoms with Crippen molar-refractivity contribution in [1.82, 2.24) is 19.9 Å². The number of carbonyl (C=O) groups excluding carboxylic acids is 1. The van der Waals surface area contributed by atoms with Gasteiger partial charge in [-0.1, -0.05) is 0 Å². The number of amides is 1. The molecule has 0 aromatic carbocycles. The SMILES string of the molecule is Cc1nc(NC(=O)c2cc(N3CCN(C)CC3)ncn2)sc1C. The highest BCUT2D eigenvalue weighted by molar-refractivity contribution is 7.15. The number of thiazole rings is 1. The fourth-order valence-corrected chi connectivity index (χ4v) is 3.18. The molecule has 8 heteroatoms. The minimum absolute atomic E-state index is 0.253. The molecule has 1 fully saturated rings. The lowest BCUT2D eigenvalue weighted by Gasteiger charge is -2.33. The van der Waals surface area contributed by atoms with E-state index >= 15 is 0 Å². The zero-order valence-electron chi connectivity index (χ0n) is 13.5. The number of nitrogens with one attached hydrogen (secondary N) is 1. The highest BCUT2D eigenvalue weighted by Crippen LogP contribution is 2.22. The maximum Gasteiger partial charge on any atom is 0.276 e. The van der Waals surface area contributed by atoms with Gasteiger partial charge in [-0.3, -0.25) is 10.1 Å². The third kappa shape index (κ3) is 3.65. The molecule has 1 aliphatic rings. The van der Waals surface area contributed by atoms with Crippen LogP contribution in [-0.4, -0.2) is 59.0 Å². The Kier molecular flexibility index (Phi) is 4.53. The highest BCUT2D eigenvalue weighted by Gasteiger charge is 2.18. The number of aromatic nitrogens is 3. The monoisotopic (exact) mass is 332 g/mol. The summed E-state index contributed by atoms with van der Waals surface area (Å²) in [4.78, 5) is 30.6. The Morgan fingerprint density at radius 1 is 1.22 bits per heavy atom. The summed E-state index contributed by atoms with van der Waals surface area (Å²) in [5, 5.41) is 3.41. The van der Waals surface area contributed by atoms with Gasteiger partial charge in [-0.2, -0.15) is 0 Å². The summed E-state index contributed by atoms with van der Waals surface area (Å²) in [5.41, 5.74) is 1.30. The van der Waals surface area contributed by atoms with Crippen LogP contribution in [0.15, 0.2) is 12.4 Å². The summed E-state index contributed by atoms with van der Waals surface area (Å²) in [7, 11) is 2.11. The van der Waals surface area contributed by atoms with Crippen molar-refractivity contribution < 1.29 is 4.79 Å². The van der Waals surface area contributed by atoms with Crippen molar-refractivity contribution >= 4 is 28.2 Å². The van der Waals surface area contributed by atoms with Crippen LogP contribution in [0.1, 0.15) is 21.1 Å². The molecule has 2 aromatic rings. The summed E-state index contributed by atoms with van der Waals surface area (Å²) < 4.78 is 0. The van der Waals surface area contributed by atoms with Crippen LogP contribution in [-0.2, 0) is 0 Å². The largest absolute Gasteiger partial charge is 0.354 e. The quantitative estimate of drug-likeness (QED) is 0.919. The number of hydrogen-bond donors (Lipinski definition) is 1. The molecule has 7 nitrogen and oxygen atoms in total. The number of nitrogens with zero attached hydrogens (tertiary/aromatic N) is 5. The zero-order valence-corrected chi connectivity index (χ0v) is 14.4. The average Bonchev–Trinajstić information content (AvgIpc) is 2.86. The predicted molar refractivity (Wildman–Crippen MR) is 91.3 cm³/mol. The topological polar surface area (TPSA) is 74.2 Å². The van der Waals surface area contributed by atoms with Crippen LogP contribution in [0.5, 0.6) is 0 Å². The number of hydrogen-bond acceptors (Lipinski definition) is 7. The van der Waals surface area contributed by atoms with Gasteiger partial charge in [0.15, 0.2) is 5.13 Å². The molecule has 3 heterocycles. The van der Waals surface area contributed by atoms with Crippen LogP contribution < -0.4 is 10.2 Å². The normalized spacial score (nSPS) is 15.7. The number of likely N-dealkylation sites (N-methyl/N-ethyl adjacent to an activating group) is 1. The van der Waals surface area contributed by atoms with E-state index in [9.17, 15) is 4.79 Å². The maximum absolute atomic E-state index is 12.4. The molecule has 0 bridgehead atoms. The van der Waals surface area contributed by atoms with Gasteiger partial charge in [-0.25, -0.2) is 15.0 Å². The number of anilines is 2. The molecular formula is C15H20N6OS. The van der Waals surface area contributed by atoms with Gasteiger partial charge in [-0.15, -0.1) is 11.3 Å². The number of aryl methyl sites for hydroxylation is 2. The Morgan fingerprint density at radius 3 is 2.61 bits per heavy atom. The summed E-state index contributed by atoms with van der Waals surface area (Å²) in [6.45, 7) is 7.70. The summed E-state index contributed by atoms with van der Waals surface area (Å²) in [5.74, 6) is 0.543. The van der Waals surface area contributed by atoms with Crippen LogP contribution in [0.4, 0.5) is 10.9 Å². The third-order valence-corrected chi connectivity index (χ3v) is 4.95. The first-order valence-electron chi connectivity index (χ1n) is 7.54. The molecule has 0 radical (unpaired) electrons. The van der Waals surface area contributed by atoms with Crippen molar-refractivity contribution in [2.75, 3.05) is 43.4 Å². The molecule has 2 aromatic heterocycles. The van der Waals surface area contributed by atoms with Gasteiger partial charge in [-0.05, 0) is 20.9 Å². The van der Waals surface area contributed by atoms with Gasteiger partial charge < -0.3 is 9.80 Å². The van der Waals surface area contributed by atoms with Gasteiger partial charge in [0, 0.05) is 37.1 Å². The van der Waals surface area contributed by atoms with E-state index in [1.807, 2.05) is 13.8 Å². The molecule has 3 rings (SSSR count). The number of piperazine rings is 1. The van der Waals surface area contributed by atoms with Crippen molar-refractivity contribution in [3.8, 4) is 0 Å². The maximum atomic E-state index is 12.4. The molecule has 0 aliphatic carbocycles. The Labute approximate surface area is 139 Å². The molecule has 1 amide bonds. The first-order valence-corrected chi connectivity index (χ1v) is 8.35. The van der Waals surface area contributed by atoms with Crippen molar-refractivity contribution in [2.24, 2.45) is 0 Å². The number of carbonyl (C=O) groups is 1. The van der Waals surface area contributed by atoms with E-state index in [1.165, 1.54) is 17.7 Å². The number of rotatable bonds is 3. The standard InChI is InChI=1S/C15H20N6OS/c1-10-11(2)23-15(18-10)19-14(22)12-8-13(17-9-16-12)21-6-4-20(3)5-7-21/h8-9H,4-7H2,1-3H3,(H,18,19,22). The van der Waals surface area contributed by atoms with Crippen LogP contribution in [0.2, 0.25) is 0 Å². The molecule has 1 N–H and O–H groups in total. The second-order valence-corrected chi connectivity index (χ2v) is 6.87. The van der Waals surface area contributed by atoms with Gasteiger partial charge in [0.1, 0.15) is 17.8 Å². The van der Waals surface area contributed by atoms with E-state index in [2.05, 4.69) is 37.1 Å². The van der Waals surface area contributed by atoms with Gasteiger partial charge in [0.2, 0.25) is 0 Å². The van der Waals surface area contributed by atoms with E-state index in [0.29, 0.717) is 10.8 Å². The van der Waals surface area contributed by atoms with Crippen LogP contribution in [0.3, 0.4) is 0 Å². The molecule has 1 aliphatic heterocycles. The highest BCUT2D eigenvalue weighted by atomic mass is 32.1. The van der Waals surface area contributed by atoms with Gasteiger partial charge >= 0.3 is 0 Å². The lowest BCUT2D eigenvalue weighted by molar-refractivity contribution is 0.102. The van der Waals surface area contributed by atoms with Gasteiger partial charge in [0.25, 0.3) is 5.91 Å². The second kappa shape index (κ2) is 6.59. The third-order valence-electron chi connectivity index (χ3n) is 3.96. The zero-order chi connectivity index (χ0) is 16.4. The average molecular weight is 332 g/mol. The first kappa shape index (κ1) is 15.8. The van der Waals surface area contributed by atoms with Crippen molar-refractivity contribution in [3.05, 3.63) is 28.7 Å². The Bertz CT molecular complexity index is 688. The second-order valence-electron chi connectivity index (χ2n) is 5.67. The summed E-state index contributed by atoms with van der Waals surface area (Å²) >= 11 is 1.47. The molecule has 122 valence electrons. The molecule has 1 saturated heterocycles. The van der Waals surface area contributed by atoms with E-state index in [4.69, 9.17) is 0 Å². The van der Waals surface area contributed by atoms with Crippen molar-refractivity contribution in [3.63, 3.8) is 0 Å². The molecular weight excluding hydrogens is 312 g/mol. The van der Waals surface area contributed by atoms with Gasteiger partial charge in [0.05, 0.1) is 5.69 Å². The van der Waals surface area contributed by atoms with Crippen molar-refractivity contribution in [1.29, 1.82) is 0 Å².